The molecule has 0 saturated carbocycles. The van der Waals surface area contributed by atoms with Gasteiger partial charge in [-0.05, 0) is 6.42 Å². The molecule has 5 atom stereocenters. The van der Waals surface area contributed by atoms with Crippen molar-refractivity contribution in [2.45, 2.75) is 82.6 Å². The summed E-state index contributed by atoms with van der Waals surface area (Å²) in [5.74, 6) is -0.528. The molecule has 0 aromatic heterocycles. The van der Waals surface area contributed by atoms with E-state index in [1.165, 1.54) is 12.8 Å². The Bertz CT molecular complexity index is 321. The molecule has 0 aliphatic carbocycles. The number of esters is 1. The number of hydrogen-bond acceptors (Lipinski definition) is 7. The van der Waals surface area contributed by atoms with Gasteiger partial charge < -0.3 is 29.9 Å². The van der Waals surface area contributed by atoms with Crippen molar-refractivity contribution in [2.75, 3.05) is 6.61 Å². The fraction of sp³-hybridized carbons (Fsp3) is 0.933. The Kier molecular flexibility index (Phi) is 8.89. The second-order valence-corrected chi connectivity index (χ2v) is 5.70. The van der Waals surface area contributed by atoms with Crippen LogP contribution >= 0.6 is 0 Å². The third-order valence-electron chi connectivity index (χ3n) is 3.83. The second kappa shape index (κ2) is 10.1. The van der Waals surface area contributed by atoms with Crippen LogP contribution in [0.1, 0.15) is 51.9 Å². The first-order valence-corrected chi connectivity index (χ1v) is 8.01. The lowest BCUT2D eigenvalue weighted by molar-refractivity contribution is -0.292. The van der Waals surface area contributed by atoms with Crippen LogP contribution in [0.4, 0.5) is 0 Å². The number of aliphatic hydroxyl groups excluding tert-OH is 4. The zero-order valence-electron chi connectivity index (χ0n) is 13.1. The van der Waals surface area contributed by atoms with E-state index in [-0.39, 0.29) is 6.42 Å². The quantitative estimate of drug-likeness (QED) is 0.351. The predicted molar refractivity (Wildman–Crippen MR) is 77.9 cm³/mol. The maximum absolute atomic E-state index is 11.7. The second-order valence-electron chi connectivity index (χ2n) is 5.70. The van der Waals surface area contributed by atoms with Gasteiger partial charge in [-0.3, -0.25) is 4.79 Å². The van der Waals surface area contributed by atoms with Crippen molar-refractivity contribution in [1.29, 1.82) is 0 Å². The topological polar surface area (TPSA) is 116 Å². The van der Waals surface area contributed by atoms with Crippen LogP contribution in [0, 0.1) is 0 Å². The standard InChI is InChI=1S/C15H28O7/c1-2-3-4-5-6-7-8-11(17)22-15-14(20)13(19)12(18)10(9-16)21-15/h10,12-16,18-20H,2-9H2,1H3/t10-,12-,13+,14-,15+/m1/s1. The molecule has 0 bridgehead atoms. The average molecular weight is 320 g/mol. The molecule has 130 valence electrons. The Labute approximate surface area is 130 Å². The van der Waals surface area contributed by atoms with E-state index in [9.17, 15) is 20.1 Å². The van der Waals surface area contributed by atoms with Crippen LogP contribution < -0.4 is 0 Å². The van der Waals surface area contributed by atoms with Gasteiger partial charge in [-0.25, -0.2) is 0 Å². The Morgan fingerprint density at radius 1 is 1.00 bits per heavy atom. The van der Waals surface area contributed by atoms with Crippen molar-refractivity contribution < 1.29 is 34.7 Å². The Balaban J connectivity index is 2.30. The van der Waals surface area contributed by atoms with E-state index in [1.807, 2.05) is 0 Å². The molecule has 1 rings (SSSR count). The van der Waals surface area contributed by atoms with E-state index >= 15 is 0 Å². The number of carbonyl (C=O) groups is 1. The Morgan fingerprint density at radius 2 is 1.64 bits per heavy atom. The van der Waals surface area contributed by atoms with Gasteiger partial charge in [0.1, 0.15) is 24.4 Å². The number of rotatable bonds is 9. The third-order valence-corrected chi connectivity index (χ3v) is 3.83. The summed E-state index contributed by atoms with van der Waals surface area (Å²) in [7, 11) is 0. The SMILES string of the molecule is CCCCCCCCC(=O)O[C@@H]1O[C@H](CO)[C@@H](O)[C@H](O)[C@H]1O. The highest BCUT2D eigenvalue weighted by molar-refractivity contribution is 5.69. The van der Waals surface area contributed by atoms with Gasteiger partial charge in [0, 0.05) is 6.42 Å². The van der Waals surface area contributed by atoms with Gasteiger partial charge in [0.25, 0.3) is 0 Å². The minimum absolute atomic E-state index is 0.209. The van der Waals surface area contributed by atoms with Crippen LogP contribution in [0.25, 0.3) is 0 Å². The highest BCUT2D eigenvalue weighted by atomic mass is 16.7. The third kappa shape index (κ3) is 5.81. The summed E-state index contributed by atoms with van der Waals surface area (Å²) in [5.41, 5.74) is 0. The lowest BCUT2D eigenvalue weighted by Crippen LogP contribution is -2.59. The predicted octanol–water partition coefficient (Wildman–Crippen LogP) is 0.0801. The number of carbonyl (C=O) groups excluding carboxylic acids is 1. The molecular weight excluding hydrogens is 292 g/mol. The lowest BCUT2D eigenvalue weighted by atomic mass is 9.99. The molecule has 1 fully saturated rings. The molecule has 0 spiro atoms. The van der Waals surface area contributed by atoms with Gasteiger partial charge in [0.2, 0.25) is 6.29 Å². The molecule has 1 aliphatic heterocycles. The summed E-state index contributed by atoms with van der Waals surface area (Å²) in [4.78, 5) is 11.7. The molecule has 0 radical (unpaired) electrons. The van der Waals surface area contributed by atoms with Crippen molar-refractivity contribution in [3.8, 4) is 0 Å². The van der Waals surface area contributed by atoms with Gasteiger partial charge in [0.15, 0.2) is 0 Å². The van der Waals surface area contributed by atoms with Crippen LogP contribution in [0.2, 0.25) is 0 Å². The molecule has 0 amide bonds. The van der Waals surface area contributed by atoms with Crippen molar-refractivity contribution in [1.82, 2.24) is 0 Å². The van der Waals surface area contributed by atoms with Crippen LogP contribution in [0.5, 0.6) is 0 Å². The highest BCUT2D eigenvalue weighted by Gasteiger charge is 2.45. The van der Waals surface area contributed by atoms with Crippen LogP contribution in [0.15, 0.2) is 0 Å². The van der Waals surface area contributed by atoms with Gasteiger partial charge in [-0.1, -0.05) is 39.0 Å². The molecule has 22 heavy (non-hydrogen) atoms. The van der Waals surface area contributed by atoms with E-state index in [0.717, 1.165) is 19.3 Å². The summed E-state index contributed by atoms with van der Waals surface area (Å²) in [6, 6.07) is 0. The summed E-state index contributed by atoms with van der Waals surface area (Å²) in [6.45, 7) is 1.59. The first-order chi connectivity index (χ1) is 10.5. The van der Waals surface area contributed by atoms with E-state index in [0.29, 0.717) is 6.42 Å². The van der Waals surface area contributed by atoms with E-state index in [2.05, 4.69) is 6.92 Å². The van der Waals surface area contributed by atoms with E-state index < -0.39 is 43.3 Å². The maximum Gasteiger partial charge on any atom is 0.308 e. The molecule has 0 aromatic carbocycles. The van der Waals surface area contributed by atoms with Crippen LogP contribution in [0.3, 0.4) is 0 Å². The summed E-state index contributed by atoms with van der Waals surface area (Å²) < 4.78 is 10.1. The number of ether oxygens (including phenoxy) is 2. The Morgan fingerprint density at radius 3 is 2.27 bits per heavy atom. The first-order valence-electron chi connectivity index (χ1n) is 8.01. The van der Waals surface area contributed by atoms with Gasteiger partial charge >= 0.3 is 5.97 Å². The number of aliphatic hydroxyl groups is 4. The average Bonchev–Trinajstić information content (AvgIpc) is 2.51. The van der Waals surface area contributed by atoms with Crippen molar-refractivity contribution in [2.24, 2.45) is 0 Å². The molecule has 4 N–H and O–H groups in total. The molecule has 1 aliphatic rings. The molecule has 7 heteroatoms. The maximum atomic E-state index is 11.7. The molecule has 7 nitrogen and oxygen atoms in total. The minimum Gasteiger partial charge on any atom is -0.433 e. The van der Waals surface area contributed by atoms with Crippen molar-refractivity contribution in [3.05, 3.63) is 0 Å². The monoisotopic (exact) mass is 320 g/mol. The van der Waals surface area contributed by atoms with Gasteiger partial charge in [0.05, 0.1) is 6.61 Å². The van der Waals surface area contributed by atoms with Gasteiger partial charge in [-0.2, -0.15) is 0 Å². The molecule has 0 unspecified atom stereocenters. The molecule has 1 saturated heterocycles. The number of unbranched alkanes of at least 4 members (excludes halogenated alkanes) is 5. The largest absolute Gasteiger partial charge is 0.433 e. The lowest BCUT2D eigenvalue weighted by Gasteiger charge is -2.39. The molecular formula is C15H28O7. The zero-order chi connectivity index (χ0) is 16.5. The molecule has 1 heterocycles. The number of hydrogen-bond donors (Lipinski definition) is 4. The van der Waals surface area contributed by atoms with Crippen LogP contribution in [-0.2, 0) is 14.3 Å². The fourth-order valence-corrected chi connectivity index (χ4v) is 2.40. The highest BCUT2D eigenvalue weighted by Crippen LogP contribution is 2.22. The van der Waals surface area contributed by atoms with Gasteiger partial charge in [-0.15, -0.1) is 0 Å². The molecule has 0 aromatic rings. The minimum atomic E-state index is -1.54. The Hall–Kier alpha value is -0.730. The summed E-state index contributed by atoms with van der Waals surface area (Å²) in [5, 5.41) is 38.0. The zero-order valence-corrected chi connectivity index (χ0v) is 13.1. The van der Waals surface area contributed by atoms with Crippen LogP contribution in [-0.4, -0.2) is 63.7 Å². The van der Waals surface area contributed by atoms with E-state index in [4.69, 9.17) is 14.6 Å². The normalized spacial score (nSPS) is 32.0. The summed E-state index contributed by atoms with van der Waals surface area (Å²) in [6.07, 6.45) is -0.537. The smallest absolute Gasteiger partial charge is 0.308 e. The van der Waals surface area contributed by atoms with Crippen molar-refractivity contribution in [3.63, 3.8) is 0 Å². The van der Waals surface area contributed by atoms with E-state index in [1.54, 1.807) is 0 Å². The first kappa shape index (κ1) is 19.3. The van der Waals surface area contributed by atoms with Crippen molar-refractivity contribution >= 4 is 5.97 Å². The fourth-order valence-electron chi connectivity index (χ4n) is 2.40. The summed E-state index contributed by atoms with van der Waals surface area (Å²) >= 11 is 0.